The molecule has 0 saturated heterocycles. The number of carbonyl (C=O) groups excluding carboxylic acids is 1. The van der Waals surface area contributed by atoms with Crippen LogP contribution >= 0.6 is 15.9 Å². The van der Waals surface area contributed by atoms with Crippen LogP contribution in [0.25, 0.3) is 0 Å². The van der Waals surface area contributed by atoms with Crippen LogP contribution in [-0.4, -0.2) is 25.0 Å². The first-order valence-corrected chi connectivity index (χ1v) is 6.75. The molecule has 1 aromatic rings. The van der Waals surface area contributed by atoms with Gasteiger partial charge in [-0.15, -0.1) is 0 Å². The summed E-state index contributed by atoms with van der Waals surface area (Å²) in [7, 11) is 1.61. The molecule has 0 radical (unpaired) electrons. The molecule has 0 aliphatic rings. The molecule has 0 bridgehead atoms. The Balaban J connectivity index is 3.05. The van der Waals surface area contributed by atoms with E-state index in [1.54, 1.807) is 20.1 Å². The Bertz CT molecular complexity index is 377. The highest BCUT2D eigenvalue weighted by atomic mass is 79.9. The van der Waals surface area contributed by atoms with Gasteiger partial charge in [-0.2, -0.15) is 0 Å². The molecule has 1 aromatic carbocycles. The monoisotopic (exact) mass is 300 g/mol. The SMILES string of the molecule is CCOC(=O)c1cccc(OC)c1CCCBr. The standard InChI is InChI=1S/C13H17BrO3/c1-3-17-13(15)11-6-4-8-12(16-2)10(11)7-5-9-14/h4,6,8H,3,5,7,9H2,1-2H3. The van der Waals surface area contributed by atoms with Crippen molar-refractivity contribution in [2.75, 3.05) is 19.0 Å². The number of alkyl halides is 1. The minimum atomic E-state index is -0.282. The number of benzene rings is 1. The molecule has 17 heavy (non-hydrogen) atoms. The van der Waals surface area contributed by atoms with Crippen molar-refractivity contribution < 1.29 is 14.3 Å². The second-order valence-electron chi connectivity index (χ2n) is 3.50. The molecule has 94 valence electrons. The smallest absolute Gasteiger partial charge is 0.338 e. The van der Waals surface area contributed by atoms with Gasteiger partial charge in [0.25, 0.3) is 0 Å². The predicted octanol–water partition coefficient (Wildman–Crippen LogP) is 3.20. The summed E-state index contributed by atoms with van der Waals surface area (Å²) in [4.78, 5) is 11.8. The molecule has 0 atom stereocenters. The Kier molecular flexibility index (Phi) is 6.05. The van der Waals surface area contributed by atoms with Crippen LogP contribution in [0.4, 0.5) is 0 Å². The first-order chi connectivity index (χ1) is 8.24. The summed E-state index contributed by atoms with van der Waals surface area (Å²) in [5.74, 6) is 0.465. The van der Waals surface area contributed by atoms with Crippen molar-refractivity contribution in [3.05, 3.63) is 29.3 Å². The number of rotatable bonds is 6. The van der Waals surface area contributed by atoms with Crippen LogP contribution in [-0.2, 0) is 11.2 Å². The van der Waals surface area contributed by atoms with Crippen molar-refractivity contribution in [3.63, 3.8) is 0 Å². The Morgan fingerprint density at radius 1 is 1.41 bits per heavy atom. The van der Waals surface area contributed by atoms with Crippen LogP contribution in [0.15, 0.2) is 18.2 Å². The van der Waals surface area contributed by atoms with Crippen molar-refractivity contribution in [1.29, 1.82) is 0 Å². The maximum Gasteiger partial charge on any atom is 0.338 e. The first kappa shape index (κ1) is 14.0. The maximum atomic E-state index is 11.8. The molecular formula is C13H17BrO3. The molecule has 0 amide bonds. The topological polar surface area (TPSA) is 35.5 Å². The van der Waals surface area contributed by atoms with Crippen molar-refractivity contribution >= 4 is 21.9 Å². The zero-order valence-electron chi connectivity index (χ0n) is 10.2. The van der Waals surface area contributed by atoms with Crippen LogP contribution in [0.3, 0.4) is 0 Å². The minimum absolute atomic E-state index is 0.282. The lowest BCUT2D eigenvalue weighted by atomic mass is 10.0. The molecule has 3 nitrogen and oxygen atoms in total. The van der Waals surface area contributed by atoms with E-state index in [1.165, 1.54) is 0 Å². The van der Waals surface area contributed by atoms with E-state index in [0.29, 0.717) is 12.2 Å². The fourth-order valence-corrected chi connectivity index (χ4v) is 1.94. The van der Waals surface area contributed by atoms with Crippen LogP contribution < -0.4 is 4.74 Å². The quantitative estimate of drug-likeness (QED) is 0.598. The van der Waals surface area contributed by atoms with Gasteiger partial charge in [-0.05, 0) is 31.9 Å². The number of carbonyl (C=O) groups is 1. The fraction of sp³-hybridized carbons (Fsp3) is 0.462. The van der Waals surface area contributed by atoms with Gasteiger partial charge < -0.3 is 9.47 Å². The highest BCUT2D eigenvalue weighted by Crippen LogP contribution is 2.24. The number of halogens is 1. The molecule has 0 aliphatic heterocycles. The Hall–Kier alpha value is -1.03. The van der Waals surface area contributed by atoms with E-state index in [4.69, 9.17) is 9.47 Å². The lowest BCUT2D eigenvalue weighted by Crippen LogP contribution is -2.09. The summed E-state index contributed by atoms with van der Waals surface area (Å²) >= 11 is 3.39. The molecule has 0 saturated carbocycles. The Morgan fingerprint density at radius 3 is 2.76 bits per heavy atom. The molecule has 0 spiro atoms. The second-order valence-corrected chi connectivity index (χ2v) is 4.29. The van der Waals surface area contributed by atoms with Crippen molar-refractivity contribution in [1.82, 2.24) is 0 Å². The highest BCUT2D eigenvalue weighted by Gasteiger charge is 2.15. The van der Waals surface area contributed by atoms with Gasteiger partial charge in [0, 0.05) is 10.9 Å². The van der Waals surface area contributed by atoms with E-state index in [1.807, 2.05) is 12.1 Å². The number of hydrogen-bond acceptors (Lipinski definition) is 3. The third kappa shape index (κ3) is 3.73. The van der Waals surface area contributed by atoms with E-state index < -0.39 is 0 Å². The molecule has 0 aliphatic carbocycles. The molecule has 0 N–H and O–H groups in total. The lowest BCUT2D eigenvalue weighted by Gasteiger charge is -2.12. The molecule has 1 rings (SSSR count). The number of methoxy groups -OCH3 is 1. The van der Waals surface area contributed by atoms with Crippen molar-refractivity contribution in [3.8, 4) is 5.75 Å². The highest BCUT2D eigenvalue weighted by molar-refractivity contribution is 9.09. The first-order valence-electron chi connectivity index (χ1n) is 5.63. The van der Waals surface area contributed by atoms with Gasteiger partial charge >= 0.3 is 5.97 Å². The lowest BCUT2D eigenvalue weighted by molar-refractivity contribution is 0.0524. The predicted molar refractivity (Wildman–Crippen MR) is 71.1 cm³/mol. The maximum absolute atomic E-state index is 11.8. The summed E-state index contributed by atoms with van der Waals surface area (Å²) in [5.41, 5.74) is 1.53. The van der Waals surface area contributed by atoms with E-state index in [0.717, 1.165) is 29.5 Å². The summed E-state index contributed by atoms with van der Waals surface area (Å²) in [5, 5.41) is 0.896. The van der Waals surface area contributed by atoms with E-state index >= 15 is 0 Å². The molecule has 0 fully saturated rings. The van der Waals surface area contributed by atoms with Gasteiger partial charge in [-0.3, -0.25) is 0 Å². The molecule has 0 heterocycles. The van der Waals surface area contributed by atoms with E-state index in [9.17, 15) is 4.79 Å². The van der Waals surface area contributed by atoms with Gasteiger partial charge in [-0.25, -0.2) is 4.79 Å². The number of ether oxygens (including phenoxy) is 2. The van der Waals surface area contributed by atoms with E-state index in [-0.39, 0.29) is 5.97 Å². The third-order valence-electron chi connectivity index (χ3n) is 2.41. The Morgan fingerprint density at radius 2 is 2.18 bits per heavy atom. The van der Waals surface area contributed by atoms with Crippen LogP contribution in [0, 0.1) is 0 Å². The number of hydrogen-bond donors (Lipinski definition) is 0. The Labute approximate surface area is 110 Å². The minimum Gasteiger partial charge on any atom is -0.496 e. The number of esters is 1. The largest absolute Gasteiger partial charge is 0.496 e. The third-order valence-corrected chi connectivity index (χ3v) is 2.97. The average molecular weight is 301 g/mol. The van der Waals surface area contributed by atoms with Crippen LogP contribution in [0.1, 0.15) is 29.3 Å². The normalized spacial score (nSPS) is 10.1. The molecular weight excluding hydrogens is 284 g/mol. The van der Waals surface area contributed by atoms with Crippen LogP contribution in [0.5, 0.6) is 5.75 Å². The fourth-order valence-electron chi connectivity index (χ4n) is 1.66. The van der Waals surface area contributed by atoms with Crippen LogP contribution in [0.2, 0.25) is 0 Å². The van der Waals surface area contributed by atoms with Crippen molar-refractivity contribution in [2.24, 2.45) is 0 Å². The van der Waals surface area contributed by atoms with Gasteiger partial charge in [0.2, 0.25) is 0 Å². The van der Waals surface area contributed by atoms with Gasteiger partial charge in [-0.1, -0.05) is 22.0 Å². The van der Waals surface area contributed by atoms with E-state index in [2.05, 4.69) is 15.9 Å². The zero-order chi connectivity index (χ0) is 12.7. The second kappa shape index (κ2) is 7.33. The average Bonchev–Trinajstić information content (AvgIpc) is 2.36. The summed E-state index contributed by atoms with van der Waals surface area (Å²) in [6, 6.07) is 5.46. The van der Waals surface area contributed by atoms with Gasteiger partial charge in [0.15, 0.2) is 0 Å². The van der Waals surface area contributed by atoms with Crippen molar-refractivity contribution in [2.45, 2.75) is 19.8 Å². The van der Waals surface area contributed by atoms with Gasteiger partial charge in [0.05, 0.1) is 19.3 Å². The molecule has 0 aromatic heterocycles. The van der Waals surface area contributed by atoms with Gasteiger partial charge in [0.1, 0.15) is 5.75 Å². The molecule has 0 unspecified atom stereocenters. The zero-order valence-corrected chi connectivity index (χ0v) is 11.7. The summed E-state index contributed by atoms with van der Waals surface area (Å²) in [6.45, 7) is 2.18. The summed E-state index contributed by atoms with van der Waals surface area (Å²) < 4.78 is 10.3. The summed E-state index contributed by atoms with van der Waals surface area (Å²) in [6.07, 6.45) is 1.75. The molecule has 4 heteroatoms.